The summed E-state index contributed by atoms with van der Waals surface area (Å²) in [5, 5.41) is 23.5. The van der Waals surface area contributed by atoms with Gasteiger partial charge in [-0.15, -0.1) is 5.10 Å². The lowest BCUT2D eigenvalue weighted by molar-refractivity contribution is -0.139. The number of amides is 1. The van der Waals surface area contributed by atoms with Gasteiger partial charge in [0.25, 0.3) is 11.5 Å². The second kappa shape index (κ2) is 10.6. The van der Waals surface area contributed by atoms with Gasteiger partial charge in [0.15, 0.2) is 11.2 Å². The van der Waals surface area contributed by atoms with Gasteiger partial charge in [0.05, 0.1) is 29.7 Å². The number of nitrogens with zero attached hydrogens (tertiary/aromatic N) is 6. The number of carbonyl (C=O) groups excluding carboxylic acids is 1. The van der Waals surface area contributed by atoms with Gasteiger partial charge in [-0.2, -0.15) is 4.98 Å². The Morgan fingerprint density at radius 1 is 1.16 bits per heavy atom. The Kier molecular flexibility index (Phi) is 7.32. The number of aromatic nitrogens is 7. The summed E-state index contributed by atoms with van der Waals surface area (Å²) in [5.74, 6) is -1.67. The second-order valence-corrected chi connectivity index (χ2v) is 9.64. The van der Waals surface area contributed by atoms with Crippen molar-refractivity contribution in [3.63, 3.8) is 0 Å². The van der Waals surface area contributed by atoms with Crippen molar-refractivity contribution in [1.29, 1.82) is 0 Å². The summed E-state index contributed by atoms with van der Waals surface area (Å²) in [6.07, 6.45) is 3.78. The summed E-state index contributed by atoms with van der Waals surface area (Å²) in [5.41, 5.74) is 7.18. The number of aromatic amines is 1. The third kappa shape index (κ3) is 6.27. The lowest BCUT2D eigenvalue weighted by atomic mass is 10.1. The maximum absolute atomic E-state index is 12.7. The smallest absolute Gasteiger partial charge is 0.326 e. The maximum Gasteiger partial charge on any atom is 0.326 e. The van der Waals surface area contributed by atoms with Crippen LogP contribution in [0.1, 0.15) is 48.9 Å². The number of rotatable bonds is 9. The van der Waals surface area contributed by atoms with Gasteiger partial charge in [0.2, 0.25) is 5.95 Å². The molecule has 1 amide bonds. The number of H-pyrrole nitrogens is 1. The molecule has 4 aromatic rings. The highest BCUT2D eigenvalue weighted by molar-refractivity contribution is 5.96. The summed E-state index contributed by atoms with van der Waals surface area (Å²) in [7, 11) is 0. The van der Waals surface area contributed by atoms with Crippen LogP contribution < -0.4 is 21.9 Å². The van der Waals surface area contributed by atoms with Crippen molar-refractivity contribution in [1.82, 2.24) is 40.2 Å². The number of nitrogens with two attached hydrogens (primary N) is 1. The van der Waals surface area contributed by atoms with E-state index in [1.165, 1.54) is 6.20 Å². The minimum absolute atomic E-state index is 0.0356. The summed E-state index contributed by atoms with van der Waals surface area (Å²) in [6, 6.07) is 5.43. The van der Waals surface area contributed by atoms with Crippen LogP contribution in [0.3, 0.4) is 0 Å². The first-order valence-corrected chi connectivity index (χ1v) is 11.8. The number of carboxylic acids is 1. The molecule has 0 bridgehead atoms. The largest absolute Gasteiger partial charge is 0.480 e. The van der Waals surface area contributed by atoms with Crippen molar-refractivity contribution in [2.24, 2.45) is 0 Å². The standard InChI is InChI=1S/C24H28N10O4/c1-24(2,3)34-12-15(32-33-34)8-9-17(22(37)38)29-20(35)13-4-6-14(7-5-13)26-10-16-11-27-19-18(28-16)21(36)31-23(25)30-19/h4-7,11-12,17,26H,8-10H2,1-3H3,(H,29,35)(H,37,38)(H3,25,27,30,31,36)/t17-/m0/s1. The monoisotopic (exact) mass is 520 g/mol. The Morgan fingerprint density at radius 2 is 1.89 bits per heavy atom. The third-order valence-corrected chi connectivity index (χ3v) is 5.63. The Bertz CT molecular complexity index is 1520. The molecule has 0 aliphatic rings. The Labute approximate surface area is 216 Å². The van der Waals surface area contributed by atoms with Crippen molar-refractivity contribution in [2.45, 2.75) is 51.7 Å². The summed E-state index contributed by atoms with van der Waals surface area (Å²) >= 11 is 0. The molecular weight excluding hydrogens is 492 g/mol. The molecule has 0 fully saturated rings. The average Bonchev–Trinajstić information content (AvgIpc) is 3.35. The number of benzene rings is 1. The van der Waals surface area contributed by atoms with Crippen molar-refractivity contribution < 1.29 is 14.7 Å². The van der Waals surface area contributed by atoms with Crippen LogP contribution in [0.25, 0.3) is 11.2 Å². The highest BCUT2D eigenvalue weighted by Crippen LogP contribution is 2.14. The van der Waals surface area contributed by atoms with E-state index in [1.54, 1.807) is 35.1 Å². The maximum atomic E-state index is 12.7. The Hall–Kier alpha value is -4.88. The van der Waals surface area contributed by atoms with Crippen molar-refractivity contribution in [3.8, 4) is 0 Å². The molecule has 1 atom stereocenters. The first-order valence-electron chi connectivity index (χ1n) is 11.8. The van der Waals surface area contributed by atoms with Crippen LogP contribution in [0.15, 0.2) is 41.5 Å². The Morgan fingerprint density at radius 3 is 2.55 bits per heavy atom. The molecule has 0 saturated carbocycles. The predicted molar refractivity (Wildman–Crippen MR) is 138 cm³/mol. The van der Waals surface area contributed by atoms with E-state index in [2.05, 4.69) is 40.9 Å². The average molecular weight is 521 g/mol. The number of carbonyl (C=O) groups is 2. The highest BCUT2D eigenvalue weighted by atomic mass is 16.4. The fourth-order valence-corrected chi connectivity index (χ4v) is 3.52. The molecule has 0 spiro atoms. The van der Waals surface area contributed by atoms with E-state index in [4.69, 9.17) is 5.73 Å². The number of aryl methyl sites for hydroxylation is 1. The van der Waals surface area contributed by atoms with E-state index in [-0.39, 0.29) is 35.6 Å². The molecule has 14 nitrogen and oxygen atoms in total. The minimum Gasteiger partial charge on any atom is -0.480 e. The van der Waals surface area contributed by atoms with Gasteiger partial charge < -0.3 is 21.5 Å². The van der Waals surface area contributed by atoms with E-state index in [9.17, 15) is 19.5 Å². The van der Waals surface area contributed by atoms with E-state index >= 15 is 0 Å². The Balaban J connectivity index is 1.34. The molecule has 0 radical (unpaired) electrons. The van der Waals surface area contributed by atoms with Crippen LogP contribution in [0.5, 0.6) is 0 Å². The minimum atomic E-state index is -1.13. The zero-order valence-electron chi connectivity index (χ0n) is 21.1. The first-order chi connectivity index (χ1) is 18.0. The molecule has 38 heavy (non-hydrogen) atoms. The number of hydrogen-bond acceptors (Lipinski definition) is 10. The molecule has 3 aromatic heterocycles. The number of anilines is 2. The molecule has 3 heterocycles. The number of hydrogen-bond donors (Lipinski definition) is 5. The van der Waals surface area contributed by atoms with Crippen molar-refractivity contribution >= 4 is 34.7 Å². The van der Waals surface area contributed by atoms with Gasteiger partial charge in [-0.1, -0.05) is 5.21 Å². The van der Waals surface area contributed by atoms with Gasteiger partial charge in [-0.25, -0.2) is 19.4 Å². The lowest BCUT2D eigenvalue weighted by Crippen LogP contribution is -2.41. The summed E-state index contributed by atoms with van der Waals surface area (Å²) in [6.45, 7) is 6.22. The van der Waals surface area contributed by atoms with Gasteiger partial charge in [-0.3, -0.25) is 14.6 Å². The molecule has 0 saturated heterocycles. The topological polar surface area (TPSA) is 207 Å². The number of nitrogens with one attached hydrogen (secondary N) is 3. The quantitative estimate of drug-likeness (QED) is 0.211. The number of nitrogen functional groups attached to an aromatic ring is 1. The van der Waals surface area contributed by atoms with E-state index in [1.807, 2.05) is 20.8 Å². The SMILES string of the molecule is CC(C)(C)n1cc(CC[C@H](NC(=O)c2ccc(NCc3cnc4nc(N)[nH]c(=O)c4n3)cc2)C(=O)O)nn1. The third-order valence-electron chi connectivity index (χ3n) is 5.63. The van der Waals surface area contributed by atoms with Crippen molar-refractivity contribution in [2.75, 3.05) is 11.1 Å². The van der Waals surface area contributed by atoms with Crippen LogP contribution in [0, 0.1) is 0 Å². The first kappa shape index (κ1) is 26.2. The van der Waals surface area contributed by atoms with Crippen molar-refractivity contribution in [3.05, 3.63) is 64.0 Å². The molecule has 0 aliphatic carbocycles. The van der Waals surface area contributed by atoms with E-state index in [0.717, 1.165) is 0 Å². The van der Waals surface area contributed by atoms with Crippen LogP contribution in [-0.4, -0.2) is 58.0 Å². The zero-order chi connectivity index (χ0) is 27.4. The predicted octanol–water partition coefficient (Wildman–Crippen LogP) is 1.07. The fraction of sp³-hybridized carbons (Fsp3) is 0.333. The molecule has 14 heteroatoms. The molecule has 6 N–H and O–H groups in total. The highest BCUT2D eigenvalue weighted by Gasteiger charge is 2.22. The van der Waals surface area contributed by atoms with E-state index < -0.39 is 23.5 Å². The number of aliphatic carboxylic acids is 1. The normalized spacial score (nSPS) is 12.3. The summed E-state index contributed by atoms with van der Waals surface area (Å²) in [4.78, 5) is 51.1. The molecule has 0 aliphatic heterocycles. The van der Waals surface area contributed by atoms with Gasteiger partial charge in [-0.05, 0) is 57.9 Å². The molecule has 1 aromatic carbocycles. The van der Waals surface area contributed by atoms with Gasteiger partial charge >= 0.3 is 5.97 Å². The molecule has 198 valence electrons. The van der Waals surface area contributed by atoms with Crippen LogP contribution in [0.2, 0.25) is 0 Å². The van der Waals surface area contributed by atoms with Crippen LogP contribution in [-0.2, 0) is 23.3 Å². The fourth-order valence-electron chi connectivity index (χ4n) is 3.52. The van der Waals surface area contributed by atoms with Crippen LogP contribution in [0.4, 0.5) is 11.6 Å². The van der Waals surface area contributed by atoms with Crippen LogP contribution >= 0.6 is 0 Å². The second-order valence-electron chi connectivity index (χ2n) is 9.64. The van der Waals surface area contributed by atoms with E-state index in [0.29, 0.717) is 29.1 Å². The van der Waals surface area contributed by atoms with Gasteiger partial charge in [0, 0.05) is 17.4 Å². The summed E-state index contributed by atoms with van der Waals surface area (Å²) < 4.78 is 1.71. The molecule has 4 rings (SSSR count). The molecular formula is C24H28N10O4. The number of carboxylic acid groups (broad SMARTS) is 1. The molecule has 0 unspecified atom stereocenters. The van der Waals surface area contributed by atoms with Gasteiger partial charge in [0.1, 0.15) is 6.04 Å². The number of fused-ring (bicyclic) bond motifs is 1. The lowest BCUT2D eigenvalue weighted by Gasteiger charge is -2.17. The zero-order valence-corrected chi connectivity index (χ0v) is 21.1.